The Morgan fingerprint density at radius 2 is 1.81 bits per heavy atom. The lowest BCUT2D eigenvalue weighted by Gasteiger charge is -2.20. The Morgan fingerprint density at radius 3 is 2.41 bits per heavy atom. The van der Waals surface area contributed by atoms with Crippen LogP contribution in [-0.4, -0.2) is 20.9 Å². The Hall–Kier alpha value is -2.62. The second-order valence-electron chi connectivity index (χ2n) is 8.16. The summed E-state index contributed by atoms with van der Waals surface area (Å²) < 4.78 is 38.7. The molecule has 0 saturated heterocycles. The van der Waals surface area contributed by atoms with Gasteiger partial charge in [0.05, 0.1) is 22.2 Å². The SMILES string of the molecule is CC(C)(C)c1ccc(OCC(=O)Nc2ccc(S(=O)(=O)NCc3ccco3)cc2)c(Br)c1. The van der Waals surface area contributed by atoms with Gasteiger partial charge in [-0.25, -0.2) is 13.1 Å². The Morgan fingerprint density at radius 1 is 1.09 bits per heavy atom. The molecular formula is C23H25BrN2O5S. The molecule has 0 bridgehead atoms. The van der Waals surface area contributed by atoms with E-state index in [1.54, 1.807) is 12.1 Å². The van der Waals surface area contributed by atoms with Gasteiger partial charge in [-0.1, -0.05) is 26.8 Å². The van der Waals surface area contributed by atoms with Gasteiger partial charge in [0.1, 0.15) is 11.5 Å². The molecule has 3 aromatic rings. The van der Waals surface area contributed by atoms with Crippen LogP contribution >= 0.6 is 15.9 Å². The molecule has 2 N–H and O–H groups in total. The van der Waals surface area contributed by atoms with E-state index in [2.05, 4.69) is 46.7 Å². The van der Waals surface area contributed by atoms with Crippen LogP contribution in [0.4, 0.5) is 5.69 Å². The van der Waals surface area contributed by atoms with E-state index in [1.807, 2.05) is 18.2 Å². The molecule has 0 aliphatic heterocycles. The van der Waals surface area contributed by atoms with Gasteiger partial charge in [-0.05, 0) is 75.4 Å². The second-order valence-corrected chi connectivity index (χ2v) is 10.8. The van der Waals surface area contributed by atoms with Crippen LogP contribution < -0.4 is 14.8 Å². The minimum absolute atomic E-state index is 0.00631. The van der Waals surface area contributed by atoms with E-state index in [-0.39, 0.29) is 29.4 Å². The molecule has 9 heteroatoms. The minimum atomic E-state index is -3.70. The Labute approximate surface area is 196 Å². The number of nitrogens with one attached hydrogen (secondary N) is 2. The number of carbonyl (C=O) groups is 1. The number of sulfonamides is 1. The average Bonchev–Trinajstić information content (AvgIpc) is 3.25. The molecule has 0 atom stereocenters. The van der Waals surface area contributed by atoms with Crippen molar-refractivity contribution in [3.63, 3.8) is 0 Å². The number of hydrogen-bond donors (Lipinski definition) is 2. The van der Waals surface area contributed by atoms with E-state index in [1.165, 1.54) is 30.5 Å². The molecule has 7 nitrogen and oxygen atoms in total. The molecule has 1 amide bonds. The van der Waals surface area contributed by atoms with Crippen molar-refractivity contribution in [2.24, 2.45) is 0 Å². The van der Waals surface area contributed by atoms with Crippen molar-refractivity contribution in [2.45, 2.75) is 37.6 Å². The maximum atomic E-state index is 12.4. The summed E-state index contributed by atoms with van der Waals surface area (Å²) in [4.78, 5) is 12.3. The number of rotatable bonds is 8. The lowest BCUT2D eigenvalue weighted by Crippen LogP contribution is -2.23. The quantitative estimate of drug-likeness (QED) is 0.443. The van der Waals surface area contributed by atoms with Gasteiger partial charge in [0.2, 0.25) is 10.0 Å². The van der Waals surface area contributed by atoms with Crippen LogP contribution in [0.3, 0.4) is 0 Å². The molecule has 0 aliphatic rings. The predicted octanol–water partition coefficient (Wildman–Crippen LogP) is 4.84. The highest BCUT2D eigenvalue weighted by Gasteiger charge is 2.17. The van der Waals surface area contributed by atoms with Crippen molar-refractivity contribution >= 4 is 37.5 Å². The molecule has 1 aromatic heterocycles. The van der Waals surface area contributed by atoms with E-state index < -0.39 is 10.0 Å². The third kappa shape index (κ3) is 6.44. The van der Waals surface area contributed by atoms with Gasteiger partial charge < -0.3 is 14.5 Å². The maximum absolute atomic E-state index is 12.4. The summed E-state index contributed by atoms with van der Waals surface area (Å²) >= 11 is 3.48. The third-order valence-corrected chi connectivity index (χ3v) is 6.66. The third-order valence-electron chi connectivity index (χ3n) is 4.62. The standard InChI is InChI=1S/C23H25BrN2O5S/c1-23(2,3)16-6-11-21(20(24)13-16)31-15-22(27)26-17-7-9-19(10-8-17)32(28,29)25-14-18-5-4-12-30-18/h4-13,25H,14-15H2,1-3H3,(H,26,27). The summed E-state index contributed by atoms with van der Waals surface area (Å²) in [6, 6.07) is 15.0. The first-order valence-electron chi connectivity index (χ1n) is 9.89. The van der Waals surface area contributed by atoms with Gasteiger partial charge in [0.25, 0.3) is 5.91 Å². The first-order chi connectivity index (χ1) is 15.0. The number of hydrogen-bond acceptors (Lipinski definition) is 5. The van der Waals surface area contributed by atoms with Crippen LogP contribution in [-0.2, 0) is 26.8 Å². The van der Waals surface area contributed by atoms with Gasteiger partial charge >= 0.3 is 0 Å². The molecule has 0 aliphatic carbocycles. The molecule has 170 valence electrons. The fourth-order valence-electron chi connectivity index (χ4n) is 2.80. The van der Waals surface area contributed by atoms with Crippen molar-refractivity contribution < 1.29 is 22.4 Å². The Kier molecular flexibility index (Phi) is 7.43. The van der Waals surface area contributed by atoms with E-state index in [0.717, 1.165) is 10.0 Å². The number of furan rings is 1. The lowest BCUT2D eigenvalue weighted by molar-refractivity contribution is -0.118. The molecule has 0 fully saturated rings. The molecule has 0 saturated carbocycles. The zero-order chi connectivity index (χ0) is 23.4. The molecule has 32 heavy (non-hydrogen) atoms. The van der Waals surface area contributed by atoms with Gasteiger partial charge in [-0.3, -0.25) is 4.79 Å². The number of ether oxygens (including phenoxy) is 1. The second kappa shape index (κ2) is 9.89. The molecule has 2 aromatic carbocycles. The number of halogens is 1. The van der Waals surface area contributed by atoms with Gasteiger partial charge in [0.15, 0.2) is 6.61 Å². The molecular weight excluding hydrogens is 496 g/mol. The molecule has 0 radical (unpaired) electrons. The summed E-state index contributed by atoms with van der Waals surface area (Å²) in [7, 11) is -3.70. The van der Waals surface area contributed by atoms with Crippen LogP contribution in [0.1, 0.15) is 32.1 Å². The fourth-order valence-corrected chi connectivity index (χ4v) is 4.29. The molecule has 0 spiro atoms. The highest BCUT2D eigenvalue weighted by molar-refractivity contribution is 9.10. The molecule has 0 unspecified atom stereocenters. The summed E-state index contributed by atoms with van der Waals surface area (Å²) in [5.74, 6) is 0.720. The summed E-state index contributed by atoms with van der Waals surface area (Å²) in [6.07, 6.45) is 1.48. The van der Waals surface area contributed by atoms with E-state index in [9.17, 15) is 13.2 Å². The zero-order valence-corrected chi connectivity index (χ0v) is 20.4. The van der Waals surface area contributed by atoms with Crippen molar-refractivity contribution in [1.29, 1.82) is 0 Å². The first kappa shape index (κ1) is 24.0. The van der Waals surface area contributed by atoms with Gasteiger partial charge in [-0.2, -0.15) is 0 Å². The normalized spacial score (nSPS) is 11.9. The Balaban J connectivity index is 1.54. The number of benzene rings is 2. The highest BCUT2D eigenvalue weighted by atomic mass is 79.9. The summed E-state index contributed by atoms with van der Waals surface area (Å²) in [5.41, 5.74) is 1.62. The number of anilines is 1. The van der Waals surface area contributed by atoms with Crippen molar-refractivity contribution in [3.05, 3.63) is 76.7 Å². The smallest absolute Gasteiger partial charge is 0.262 e. The lowest BCUT2D eigenvalue weighted by atomic mass is 9.87. The van der Waals surface area contributed by atoms with Crippen LogP contribution in [0.25, 0.3) is 0 Å². The zero-order valence-electron chi connectivity index (χ0n) is 18.0. The van der Waals surface area contributed by atoms with Crippen LogP contribution in [0, 0.1) is 0 Å². The maximum Gasteiger partial charge on any atom is 0.262 e. The monoisotopic (exact) mass is 520 g/mol. The topological polar surface area (TPSA) is 97.6 Å². The first-order valence-corrected chi connectivity index (χ1v) is 12.2. The van der Waals surface area contributed by atoms with Crippen LogP contribution in [0.15, 0.2) is 74.6 Å². The van der Waals surface area contributed by atoms with Crippen molar-refractivity contribution in [1.82, 2.24) is 4.72 Å². The number of amides is 1. The Bertz CT molecular complexity index is 1170. The molecule has 3 rings (SSSR count). The predicted molar refractivity (Wildman–Crippen MR) is 126 cm³/mol. The van der Waals surface area contributed by atoms with E-state index >= 15 is 0 Å². The summed E-state index contributed by atoms with van der Waals surface area (Å²) in [6.45, 7) is 6.23. The molecule has 1 heterocycles. The summed E-state index contributed by atoms with van der Waals surface area (Å²) in [5, 5.41) is 2.69. The largest absolute Gasteiger partial charge is 0.483 e. The van der Waals surface area contributed by atoms with Crippen LogP contribution in [0.5, 0.6) is 5.75 Å². The van der Waals surface area contributed by atoms with Gasteiger partial charge in [0, 0.05) is 5.69 Å². The highest BCUT2D eigenvalue weighted by Crippen LogP contribution is 2.31. The van der Waals surface area contributed by atoms with E-state index in [4.69, 9.17) is 9.15 Å². The van der Waals surface area contributed by atoms with Crippen molar-refractivity contribution in [3.8, 4) is 5.75 Å². The van der Waals surface area contributed by atoms with Crippen LogP contribution in [0.2, 0.25) is 0 Å². The fraction of sp³-hybridized carbons (Fsp3) is 0.261. The van der Waals surface area contributed by atoms with Crippen molar-refractivity contribution in [2.75, 3.05) is 11.9 Å². The van der Waals surface area contributed by atoms with Gasteiger partial charge in [-0.15, -0.1) is 0 Å². The van der Waals surface area contributed by atoms with E-state index in [0.29, 0.717) is 17.2 Å². The average molecular weight is 521 g/mol. The minimum Gasteiger partial charge on any atom is -0.483 e. The number of carbonyl (C=O) groups excluding carboxylic acids is 1.